The molecule has 129 valence electrons. The van der Waals surface area contributed by atoms with Crippen LogP contribution in [0.3, 0.4) is 0 Å². The standard InChI is InChI=1S/C15H18N3O6/c1-15(2,3)24-14(21)17-10(8-12(16)19)13(20)9-6-4-5-7-11(9)18(22)23/h4-6,10H,8H2,1-3H3,(H2,16,19)(H,17,21)/t10-/m0/s1. The molecule has 9 nitrogen and oxygen atoms in total. The van der Waals surface area contributed by atoms with Crippen molar-refractivity contribution in [3.05, 3.63) is 39.9 Å². The number of nitrogens with two attached hydrogens (primary N) is 1. The largest absolute Gasteiger partial charge is 0.444 e. The van der Waals surface area contributed by atoms with Gasteiger partial charge in [-0.1, -0.05) is 6.07 Å². The summed E-state index contributed by atoms with van der Waals surface area (Å²) >= 11 is 0. The first-order valence-electron chi connectivity index (χ1n) is 6.98. The summed E-state index contributed by atoms with van der Waals surface area (Å²) in [5, 5.41) is 13.2. The molecule has 3 N–H and O–H groups in total. The fourth-order valence-electron chi connectivity index (χ4n) is 1.83. The summed E-state index contributed by atoms with van der Waals surface area (Å²) in [7, 11) is 0. The minimum absolute atomic E-state index is 0.287. The molecule has 1 radical (unpaired) electrons. The first kappa shape index (κ1) is 19.1. The number of rotatable bonds is 6. The van der Waals surface area contributed by atoms with E-state index in [9.17, 15) is 24.5 Å². The lowest BCUT2D eigenvalue weighted by Crippen LogP contribution is -2.45. The fourth-order valence-corrected chi connectivity index (χ4v) is 1.83. The number of nitrogens with one attached hydrogen (secondary N) is 1. The third kappa shape index (κ3) is 5.67. The van der Waals surface area contributed by atoms with Crippen molar-refractivity contribution in [3.63, 3.8) is 0 Å². The maximum Gasteiger partial charge on any atom is 0.408 e. The zero-order valence-electron chi connectivity index (χ0n) is 13.5. The highest BCUT2D eigenvalue weighted by atomic mass is 16.6. The summed E-state index contributed by atoms with van der Waals surface area (Å²) in [4.78, 5) is 45.7. The maximum absolute atomic E-state index is 12.5. The van der Waals surface area contributed by atoms with Crippen molar-refractivity contribution in [1.82, 2.24) is 5.32 Å². The third-order valence-corrected chi connectivity index (χ3v) is 2.70. The molecule has 0 aliphatic rings. The first-order chi connectivity index (χ1) is 11.0. The van der Waals surface area contributed by atoms with Gasteiger partial charge in [0.1, 0.15) is 11.6 Å². The van der Waals surface area contributed by atoms with Crippen LogP contribution in [0.15, 0.2) is 18.2 Å². The molecular weight excluding hydrogens is 318 g/mol. The molecule has 0 saturated heterocycles. The Hall–Kier alpha value is -2.97. The number of nitro benzene ring substituents is 1. The Balaban J connectivity index is 3.08. The average Bonchev–Trinajstić information content (AvgIpc) is 2.43. The van der Waals surface area contributed by atoms with Crippen molar-refractivity contribution < 1.29 is 24.0 Å². The van der Waals surface area contributed by atoms with Gasteiger partial charge < -0.3 is 15.8 Å². The zero-order valence-corrected chi connectivity index (χ0v) is 13.5. The van der Waals surface area contributed by atoms with Crippen LogP contribution in [0, 0.1) is 16.2 Å². The summed E-state index contributed by atoms with van der Waals surface area (Å²) < 4.78 is 5.02. The van der Waals surface area contributed by atoms with E-state index in [0.717, 1.165) is 0 Å². The molecule has 0 aliphatic heterocycles. The van der Waals surface area contributed by atoms with Crippen LogP contribution in [-0.4, -0.2) is 34.3 Å². The SMILES string of the molecule is CC(C)(C)OC(=O)N[C@@H](CC(N)=O)C(=O)c1ccc[c]c1[N+](=O)[O-]. The lowest BCUT2D eigenvalue weighted by Gasteiger charge is -2.22. The van der Waals surface area contributed by atoms with E-state index < -0.39 is 46.5 Å². The smallest absolute Gasteiger partial charge is 0.408 e. The van der Waals surface area contributed by atoms with E-state index in [1.54, 1.807) is 20.8 Å². The van der Waals surface area contributed by atoms with Gasteiger partial charge >= 0.3 is 6.09 Å². The quantitative estimate of drug-likeness (QED) is 0.456. The Morgan fingerprint density at radius 1 is 1.42 bits per heavy atom. The van der Waals surface area contributed by atoms with Gasteiger partial charge in [-0.3, -0.25) is 19.7 Å². The summed E-state index contributed by atoms with van der Waals surface area (Å²) in [5.41, 5.74) is 3.42. The molecule has 1 aromatic rings. The van der Waals surface area contributed by atoms with Gasteiger partial charge in [-0.25, -0.2) is 4.79 Å². The highest BCUT2D eigenvalue weighted by Crippen LogP contribution is 2.20. The number of nitro groups is 1. The summed E-state index contributed by atoms with van der Waals surface area (Å²) in [5.74, 6) is -1.69. The summed E-state index contributed by atoms with van der Waals surface area (Å²) in [6, 6.07) is 4.83. The van der Waals surface area contributed by atoms with Gasteiger partial charge in [-0.2, -0.15) is 0 Å². The Kier molecular flexibility index (Phi) is 5.99. The van der Waals surface area contributed by atoms with E-state index in [1.165, 1.54) is 18.2 Å². The van der Waals surface area contributed by atoms with Gasteiger partial charge in [-0.15, -0.1) is 0 Å². The van der Waals surface area contributed by atoms with E-state index in [2.05, 4.69) is 11.4 Å². The number of amides is 2. The number of benzene rings is 1. The number of alkyl carbamates (subject to hydrolysis) is 1. The first-order valence-corrected chi connectivity index (χ1v) is 6.98. The van der Waals surface area contributed by atoms with E-state index in [-0.39, 0.29) is 5.56 Å². The highest BCUT2D eigenvalue weighted by Gasteiger charge is 2.30. The normalized spacial score (nSPS) is 12.1. The minimum atomic E-state index is -1.38. The molecule has 24 heavy (non-hydrogen) atoms. The van der Waals surface area contributed by atoms with Crippen molar-refractivity contribution in [1.29, 1.82) is 0 Å². The number of Topliss-reactive ketones (excluding diaryl/α,β-unsaturated/α-hetero) is 1. The van der Waals surface area contributed by atoms with Gasteiger partial charge in [0.15, 0.2) is 5.78 Å². The lowest BCUT2D eigenvalue weighted by atomic mass is 10.00. The number of primary amides is 1. The van der Waals surface area contributed by atoms with Crippen molar-refractivity contribution in [2.75, 3.05) is 0 Å². The molecule has 1 rings (SSSR count). The van der Waals surface area contributed by atoms with Crippen molar-refractivity contribution >= 4 is 23.5 Å². The summed E-state index contributed by atoms with van der Waals surface area (Å²) in [6.07, 6.45) is -1.46. The number of carbonyl (C=O) groups excluding carboxylic acids is 3. The highest BCUT2D eigenvalue weighted by molar-refractivity contribution is 6.06. The lowest BCUT2D eigenvalue weighted by molar-refractivity contribution is -0.385. The fraction of sp³-hybridized carbons (Fsp3) is 0.400. The van der Waals surface area contributed by atoms with Gasteiger partial charge in [0.25, 0.3) is 5.69 Å². The number of hydrogen-bond acceptors (Lipinski definition) is 6. The van der Waals surface area contributed by atoms with Crippen molar-refractivity contribution in [3.8, 4) is 0 Å². The van der Waals surface area contributed by atoms with E-state index in [1.807, 2.05) is 0 Å². The molecule has 0 heterocycles. The van der Waals surface area contributed by atoms with Crippen LogP contribution in [-0.2, 0) is 9.53 Å². The maximum atomic E-state index is 12.5. The number of carbonyl (C=O) groups is 3. The molecule has 2 amide bonds. The topological polar surface area (TPSA) is 142 Å². The Labute approximate surface area is 138 Å². The molecule has 1 atom stereocenters. The molecule has 0 aliphatic carbocycles. The van der Waals surface area contributed by atoms with E-state index >= 15 is 0 Å². The van der Waals surface area contributed by atoms with Gasteiger partial charge in [0.2, 0.25) is 5.91 Å². The minimum Gasteiger partial charge on any atom is -0.444 e. The predicted octanol–water partition coefficient (Wildman–Crippen LogP) is 1.35. The van der Waals surface area contributed by atoms with Crippen LogP contribution < -0.4 is 11.1 Å². The second-order valence-corrected chi connectivity index (χ2v) is 5.92. The zero-order chi connectivity index (χ0) is 18.5. The molecule has 0 fully saturated rings. The van der Waals surface area contributed by atoms with Gasteiger partial charge in [0.05, 0.1) is 23.0 Å². The second-order valence-electron chi connectivity index (χ2n) is 5.92. The van der Waals surface area contributed by atoms with Gasteiger partial charge in [-0.05, 0) is 32.9 Å². The van der Waals surface area contributed by atoms with Crippen LogP contribution >= 0.6 is 0 Å². The molecule has 0 saturated carbocycles. The molecular formula is C15H18N3O6. The Morgan fingerprint density at radius 3 is 2.54 bits per heavy atom. The predicted molar refractivity (Wildman–Crippen MR) is 83.2 cm³/mol. The Morgan fingerprint density at radius 2 is 2.04 bits per heavy atom. The van der Waals surface area contributed by atoms with E-state index in [0.29, 0.717) is 0 Å². The van der Waals surface area contributed by atoms with Crippen LogP contribution in [0.2, 0.25) is 0 Å². The Bertz CT molecular complexity index is 665. The third-order valence-electron chi connectivity index (χ3n) is 2.70. The average molecular weight is 336 g/mol. The number of nitrogens with zero attached hydrogens (tertiary/aromatic N) is 1. The number of ether oxygens (including phenoxy) is 1. The molecule has 9 heteroatoms. The second kappa shape index (κ2) is 7.53. The van der Waals surface area contributed by atoms with E-state index in [4.69, 9.17) is 10.5 Å². The number of hydrogen-bond donors (Lipinski definition) is 2. The molecule has 1 aromatic carbocycles. The van der Waals surface area contributed by atoms with Crippen molar-refractivity contribution in [2.24, 2.45) is 5.73 Å². The molecule has 0 aromatic heterocycles. The monoisotopic (exact) mass is 336 g/mol. The van der Waals surface area contributed by atoms with Crippen LogP contribution in [0.4, 0.5) is 10.5 Å². The molecule has 0 spiro atoms. The van der Waals surface area contributed by atoms with Crippen molar-refractivity contribution in [2.45, 2.75) is 38.8 Å². The number of para-hydroxylation sites is 1. The summed E-state index contributed by atoms with van der Waals surface area (Å²) in [6.45, 7) is 4.86. The van der Waals surface area contributed by atoms with Crippen LogP contribution in [0.1, 0.15) is 37.6 Å². The number of ketones is 1. The van der Waals surface area contributed by atoms with Crippen LogP contribution in [0.5, 0.6) is 0 Å². The van der Waals surface area contributed by atoms with Gasteiger partial charge in [0, 0.05) is 0 Å². The molecule has 0 bridgehead atoms. The molecule has 0 unspecified atom stereocenters. The van der Waals surface area contributed by atoms with Crippen LogP contribution in [0.25, 0.3) is 0 Å².